The van der Waals surface area contributed by atoms with E-state index in [-0.39, 0.29) is 0 Å². The van der Waals surface area contributed by atoms with Crippen molar-refractivity contribution in [3.63, 3.8) is 0 Å². The molecular weight excluding hydrogens is 264 g/mol. The van der Waals surface area contributed by atoms with E-state index in [4.69, 9.17) is 4.74 Å². The van der Waals surface area contributed by atoms with E-state index in [0.717, 1.165) is 42.3 Å². The summed E-state index contributed by atoms with van der Waals surface area (Å²) < 4.78 is 7.78. The molecule has 0 saturated heterocycles. The Balaban J connectivity index is 1.68. The molecule has 5 nitrogen and oxygen atoms in total. The van der Waals surface area contributed by atoms with Gasteiger partial charge in [0.05, 0.1) is 6.61 Å². The van der Waals surface area contributed by atoms with Gasteiger partial charge >= 0.3 is 0 Å². The molecule has 110 valence electrons. The summed E-state index contributed by atoms with van der Waals surface area (Å²) in [6, 6.07) is 8.26. The molecule has 0 saturated carbocycles. The number of nitrogens with zero attached hydrogens (tertiary/aromatic N) is 3. The zero-order valence-electron chi connectivity index (χ0n) is 12.2. The van der Waals surface area contributed by atoms with Gasteiger partial charge < -0.3 is 14.6 Å². The first-order valence-electron chi connectivity index (χ1n) is 7.25. The number of imidazole rings is 1. The molecular formula is C16H20N4O. The number of hydrogen-bond donors (Lipinski definition) is 1. The predicted octanol–water partition coefficient (Wildman–Crippen LogP) is 1.88. The summed E-state index contributed by atoms with van der Waals surface area (Å²) >= 11 is 0. The molecule has 0 spiro atoms. The Bertz CT molecular complexity index is 633. The molecule has 0 radical (unpaired) electrons. The smallest absolute Gasteiger partial charge is 0.134 e. The number of aliphatic imine (C=N–C) groups is 1. The highest BCUT2D eigenvalue weighted by atomic mass is 16.5. The van der Waals surface area contributed by atoms with Crippen molar-refractivity contribution in [1.29, 1.82) is 0 Å². The van der Waals surface area contributed by atoms with Crippen LogP contribution in [0.3, 0.4) is 0 Å². The van der Waals surface area contributed by atoms with Crippen molar-refractivity contribution < 1.29 is 4.74 Å². The standard InChI is InChI=1S/C16H20N4O/c1-20-10-9-17-15(20)12-21-11-13-5-2-3-6-14(13)16-18-7-4-8-19-16/h2-3,5-6,9-10H,4,7-8,11-12H2,1H3,(H,18,19). The van der Waals surface area contributed by atoms with Gasteiger partial charge in [0.15, 0.2) is 0 Å². The van der Waals surface area contributed by atoms with Crippen LogP contribution >= 0.6 is 0 Å². The van der Waals surface area contributed by atoms with Gasteiger partial charge in [-0.15, -0.1) is 0 Å². The quantitative estimate of drug-likeness (QED) is 0.912. The fourth-order valence-corrected chi connectivity index (χ4v) is 2.38. The fraction of sp³-hybridized carbons (Fsp3) is 0.375. The molecule has 0 aliphatic carbocycles. The highest BCUT2D eigenvalue weighted by Gasteiger charge is 2.11. The van der Waals surface area contributed by atoms with Gasteiger partial charge in [0.25, 0.3) is 0 Å². The summed E-state index contributed by atoms with van der Waals surface area (Å²) in [5, 5.41) is 3.37. The third kappa shape index (κ3) is 3.31. The maximum absolute atomic E-state index is 5.81. The van der Waals surface area contributed by atoms with Crippen molar-refractivity contribution in [1.82, 2.24) is 14.9 Å². The number of aromatic nitrogens is 2. The molecule has 1 aliphatic heterocycles. The van der Waals surface area contributed by atoms with E-state index < -0.39 is 0 Å². The van der Waals surface area contributed by atoms with Crippen molar-refractivity contribution in [2.24, 2.45) is 12.0 Å². The monoisotopic (exact) mass is 284 g/mol. The summed E-state index contributed by atoms with van der Waals surface area (Å²) in [5.41, 5.74) is 2.29. The van der Waals surface area contributed by atoms with Crippen LogP contribution in [0.25, 0.3) is 0 Å². The molecule has 2 heterocycles. The normalized spacial score (nSPS) is 14.6. The number of ether oxygens (including phenoxy) is 1. The van der Waals surface area contributed by atoms with E-state index in [9.17, 15) is 0 Å². The molecule has 21 heavy (non-hydrogen) atoms. The zero-order valence-corrected chi connectivity index (χ0v) is 12.2. The van der Waals surface area contributed by atoms with Gasteiger partial charge in [-0.25, -0.2) is 4.98 Å². The number of rotatable bonds is 5. The van der Waals surface area contributed by atoms with Crippen LogP contribution in [0.4, 0.5) is 0 Å². The van der Waals surface area contributed by atoms with Gasteiger partial charge in [0.1, 0.15) is 18.3 Å². The second kappa shape index (κ2) is 6.54. The lowest BCUT2D eigenvalue weighted by atomic mass is 10.1. The molecule has 2 aromatic rings. The third-order valence-electron chi connectivity index (χ3n) is 3.58. The molecule has 3 rings (SSSR count). The van der Waals surface area contributed by atoms with E-state index in [1.807, 2.05) is 29.9 Å². The number of hydrogen-bond acceptors (Lipinski definition) is 4. The first-order chi connectivity index (χ1) is 10.3. The maximum Gasteiger partial charge on any atom is 0.134 e. The lowest BCUT2D eigenvalue weighted by molar-refractivity contribution is 0.0998. The van der Waals surface area contributed by atoms with Crippen molar-refractivity contribution >= 4 is 5.84 Å². The van der Waals surface area contributed by atoms with Crippen LogP contribution in [0.2, 0.25) is 0 Å². The Kier molecular flexibility index (Phi) is 4.31. The van der Waals surface area contributed by atoms with Gasteiger partial charge in [-0.3, -0.25) is 4.99 Å². The minimum atomic E-state index is 0.512. The van der Waals surface area contributed by atoms with E-state index in [0.29, 0.717) is 13.2 Å². The lowest BCUT2D eigenvalue weighted by Crippen LogP contribution is -2.31. The molecule has 0 amide bonds. The topological polar surface area (TPSA) is 51.4 Å². The van der Waals surface area contributed by atoms with E-state index >= 15 is 0 Å². The largest absolute Gasteiger partial charge is 0.370 e. The summed E-state index contributed by atoms with van der Waals surface area (Å²) in [6.07, 6.45) is 4.81. The average Bonchev–Trinajstić information content (AvgIpc) is 2.94. The molecule has 0 fully saturated rings. The molecule has 1 aromatic carbocycles. The zero-order chi connectivity index (χ0) is 14.5. The average molecular weight is 284 g/mol. The summed E-state index contributed by atoms with van der Waals surface area (Å²) in [6.45, 7) is 2.95. The first-order valence-corrected chi connectivity index (χ1v) is 7.25. The minimum Gasteiger partial charge on any atom is -0.370 e. The van der Waals surface area contributed by atoms with Gasteiger partial charge in [-0.1, -0.05) is 24.3 Å². The van der Waals surface area contributed by atoms with Crippen LogP contribution in [0.1, 0.15) is 23.4 Å². The molecule has 5 heteroatoms. The highest BCUT2D eigenvalue weighted by Crippen LogP contribution is 2.13. The highest BCUT2D eigenvalue weighted by molar-refractivity contribution is 6.00. The fourth-order valence-electron chi connectivity index (χ4n) is 2.38. The van der Waals surface area contributed by atoms with Crippen LogP contribution < -0.4 is 5.32 Å². The van der Waals surface area contributed by atoms with Crippen molar-refractivity contribution in [3.05, 3.63) is 53.6 Å². The molecule has 0 bridgehead atoms. The summed E-state index contributed by atoms with van der Waals surface area (Å²) in [4.78, 5) is 8.83. The molecule has 0 atom stereocenters. The first kappa shape index (κ1) is 13.8. The van der Waals surface area contributed by atoms with E-state index in [1.54, 1.807) is 6.20 Å². The van der Waals surface area contributed by atoms with E-state index in [2.05, 4.69) is 27.4 Å². The van der Waals surface area contributed by atoms with Crippen LogP contribution in [0.5, 0.6) is 0 Å². The van der Waals surface area contributed by atoms with Crippen LogP contribution in [0.15, 0.2) is 41.7 Å². The van der Waals surface area contributed by atoms with Crippen LogP contribution in [0, 0.1) is 0 Å². The third-order valence-corrected chi connectivity index (χ3v) is 3.58. The van der Waals surface area contributed by atoms with Crippen LogP contribution in [-0.2, 0) is 25.0 Å². The SMILES string of the molecule is Cn1ccnc1COCc1ccccc1C1=NCCCN1. The second-order valence-electron chi connectivity index (χ2n) is 5.11. The van der Waals surface area contributed by atoms with Gasteiger partial charge in [0, 0.05) is 38.1 Å². The van der Waals surface area contributed by atoms with Gasteiger partial charge in [-0.2, -0.15) is 0 Å². The number of aryl methyl sites for hydroxylation is 1. The van der Waals surface area contributed by atoms with E-state index in [1.165, 1.54) is 0 Å². The summed E-state index contributed by atoms with van der Waals surface area (Å²) in [5.74, 6) is 1.91. The van der Waals surface area contributed by atoms with Crippen molar-refractivity contribution in [3.8, 4) is 0 Å². The van der Waals surface area contributed by atoms with Crippen molar-refractivity contribution in [2.45, 2.75) is 19.6 Å². The number of benzene rings is 1. The van der Waals surface area contributed by atoms with Gasteiger partial charge in [-0.05, 0) is 12.0 Å². The molecule has 0 unspecified atom stereocenters. The lowest BCUT2D eigenvalue weighted by Gasteiger charge is -2.17. The Morgan fingerprint density at radius 1 is 1.29 bits per heavy atom. The number of amidine groups is 1. The summed E-state index contributed by atoms with van der Waals surface area (Å²) in [7, 11) is 1.97. The second-order valence-corrected chi connectivity index (χ2v) is 5.11. The Hall–Kier alpha value is -2.14. The van der Waals surface area contributed by atoms with Crippen molar-refractivity contribution in [2.75, 3.05) is 13.1 Å². The Morgan fingerprint density at radius 2 is 2.19 bits per heavy atom. The Morgan fingerprint density at radius 3 is 2.95 bits per heavy atom. The maximum atomic E-state index is 5.81. The number of nitrogens with one attached hydrogen (secondary N) is 1. The molecule has 1 aromatic heterocycles. The van der Waals surface area contributed by atoms with Gasteiger partial charge in [0.2, 0.25) is 0 Å². The predicted molar refractivity (Wildman–Crippen MR) is 82.2 cm³/mol. The molecule has 1 aliphatic rings. The minimum absolute atomic E-state index is 0.512. The van der Waals surface area contributed by atoms with Crippen LogP contribution in [-0.4, -0.2) is 28.5 Å². The molecule has 1 N–H and O–H groups in total. The Labute approximate surface area is 124 Å².